The molecule has 0 radical (unpaired) electrons. The summed E-state index contributed by atoms with van der Waals surface area (Å²) in [5.74, 6) is -0.994. The first-order valence-electron chi connectivity index (χ1n) is 8.08. The maximum atomic E-state index is 12.3. The van der Waals surface area contributed by atoms with Crippen molar-refractivity contribution in [1.29, 1.82) is 0 Å². The zero-order valence-corrected chi connectivity index (χ0v) is 15.5. The number of imide groups is 1. The van der Waals surface area contributed by atoms with Gasteiger partial charge in [0, 0.05) is 13.0 Å². The standard InChI is InChI=1S/C19H16Cl2N2O3/c1-11(12-6-7-15(20)16(21)10-12)22-17(24)8-9-23-18(25)13-4-2-3-5-14(13)19(23)26/h2-7,10-11H,8-9H2,1H3,(H,22,24)/t11-/m1/s1. The van der Waals surface area contributed by atoms with Gasteiger partial charge in [-0.05, 0) is 36.8 Å². The second kappa shape index (κ2) is 7.48. The highest BCUT2D eigenvalue weighted by atomic mass is 35.5. The van der Waals surface area contributed by atoms with Gasteiger partial charge in [-0.3, -0.25) is 19.3 Å². The summed E-state index contributed by atoms with van der Waals surface area (Å²) < 4.78 is 0. The third-order valence-electron chi connectivity index (χ3n) is 4.26. The molecule has 1 N–H and O–H groups in total. The topological polar surface area (TPSA) is 66.5 Å². The molecule has 0 spiro atoms. The van der Waals surface area contributed by atoms with Gasteiger partial charge in [-0.1, -0.05) is 41.4 Å². The average Bonchev–Trinajstić information content (AvgIpc) is 2.86. The highest BCUT2D eigenvalue weighted by molar-refractivity contribution is 6.42. The van der Waals surface area contributed by atoms with Crippen molar-refractivity contribution in [2.45, 2.75) is 19.4 Å². The molecule has 1 aliphatic heterocycles. The average molecular weight is 391 g/mol. The van der Waals surface area contributed by atoms with Crippen molar-refractivity contribution in [2.24, 2.45) is 0 Å². The minimum atomic E-state index is -0.365. The molecule has 1 heterocycles. The van der Waals surface area contributed by atoms with Crippen molar-refractivity contribution >= 4 is 40.9 Å². The van der Waals surface area contributed by atoms with Crippen LogP contribution in [-0.4, -0.2) is 29.2 Å². The first-order valence-corrected chi connectivity index (χ1v) is 8.83. The van der Waals surface area contributed by atoms with Crippen molar-refractivity contribution in [1.82, 2.24) is 10.2 Å². The van der Waals surface area contributed by atoms with Gasteiger partial charge in [0.15, 0.2) is 0 Å². The van der Waals surface area contributed by atoms with Gasteiger partial charge < -0.3 is 5.32 Å². The molecule has 2 aromatic rings. The van der Waals surface area contributed by atoms with E-state index in [9.17, 15) is 14.4 Å². The van der Waals surface area contributed by atoms with Gasteiger partial charge >= 0.3 is 0 Å². The number of carbonyl (C=O) groups is 3. The number of rotatable bonds is 5. The number of nitrogens with one attached hydrogen (secondary N) is 1. The van der Waals surface area contributed by atoms with Crippen LogP contribution in [0.15, 0.2) is 42.5 Å². The molecule has 3 rings (SSSR count). The Morgan fingerprint density at radius 1 is 1.04 bits per heavy atom. The number of amides is 3. The van der Waals surface area contributed by atoms with Gasteiger partial charge in [-0.2, -0.15) is 0 Å². The summed E-state index contributed by atoms with van der Waals surface area (Å²) in [6.07, 6.45) is 0.0249. The van der Waals surface area contributed by atoms with E-state index >= 15 is 0 Å². The van der Waals surface area contributed by atoms with Crippen LogP contribution in [0.5, 0.6) is 0 Å². The summed E-state index contributed by atoms with van der Waals surface area (Å²) in [5.41, 5.74) is 1.57. The molecule has 1 aliphatic rings. The van der Waals surface area contributed by atoms with E-state index in [2.05, 4.69) is 5.32 Å². The van der Waals surface area contributed by atoms with Crippen LogP contribution in [0.25, 0.3) is 0 Å². The Kier molecular flexibility index (Phi) is 5.30. The Bertz CT molecular complexity index is 863. The van der Waals surface area contributed by atoms with Crippen LogP contribution in [0.3, 0.4) is 0 Å². The second-order valence-electron chi connectivity index (χ2n) is 6.02. The molecule has 134 valence electrons. The van der Waals surface area contributed by atoms with Gasteiger partial charge in [-0.15, -0.1) is 0 Å². The fourth-order valence-electron chi connectivity index (χ4n) is 2.83. The quantitative estimate of drug-likeness (QED) is 0.788. The number of hydrogen-bond acceptors (Lipinski definition) is 3. The molecule has 1 atom stereocenters. The maximum absolute atomic E-state index is 12.3. The highest BCUT2D eigenvalue weighted by Crippen LogP contribution is 2.26. The molecule has 0 saturated carbocycles. The van der Waals surface area contributed by atoms with E-state index in [1.165, 1.54) is 0 Å². The van der Waals surface area contributed by atoms with Gasteiger partial charge in [-0.25, -0.2) is 0 Å². The van der Waals surface area contributed by atoms with Gasteiger partial charge in [0.2, 0.25) is 5.91 Å². The van der Waals surface area contributed by atoms with E-state index in [-0.39, 0.29) is 36.7 Å². The Hall–Kier alpha value is -2.37. The molecule has 26 heavy (non-hydrogen) atoms. The predicted octanol–water partition coefficient (Wildman–Crippen LogP) is 3.86. The van der Waals surface area contributed by atoms with Crippen molar-refractivity contribution in [3.05, 3.63) is 69.2 Å². The molecule has 0 aliphatic carbocycles. The van der Waals surface area contributed by atoms with Gasteiger partial charge in [0.1, 0.15) is 0 Å². The Morgan fingerprint density at radius 3 is 2.23 bits per heavy atom. The van der Waals surface area contributed by atoms with Crippen LogP contribution < -0.4 is 5.32 Å². The number of halogens is 2. The van der Waals surface area contributed by atoms with Crippen LogP contribution >= 0.6 is 23.2 Å². The largest absolute Gasteiger partial charge is 0.350 e. The Labute approximate surface area is 160 Å². The van der Waals surface area contributed by atoms with E-state index in [1.807, 2.05) is 6.92 Å². The van der Waals surface area contributed by atoms with Crippen LogP contribution in [-0.2, 0) is 4.79 Å². The van der Waals surface area contributed by atoms with Crippen molar-refractivity contribution < 1.29 is 14.4 Å². The van der Waals surface area contributed by atoms with E-state index < -0.39 is 0 Å². The molecule has 0 bridgehead atoms. The van der Waals surface area contributed by atoms with E-state index in [0.717, 1.165) is 10.5 Å². The lowest BCUT2D eigenvalue weighted by atomic mass is 10.1. The lowest BCUT2D eigenvalue weighted by Crippen LogP contribution is -2.35. The Morgan fingerprint density at radius 2 is 1.65 bits per heavy atom. The third-order valence-corrected chi connectivity index (χ3v) is 5.00. The first kappa shape index (κ1) is 18.4. The fourth-order valence-corrected chi connectivity index (χ4v) is 3.14. The molecule has 0 aromatic heterocycles. The van der Waals surface area contributed by atoms with Gasteiger partial charge in [0.05, 0.1) is 27.2 Å². The van der Waals surface area contributed by atoms with Crippen LogP contribution in [0.2, 0.25) is 10.0 Å². The number of benzene rings is 2. The number of nitrogens with zero attached hydrogens (tertiary/aromatic N) is 1. The molecular formula is C19H16Cl2N2O3. The number of fused-ring (bicyclic) bond motifs is 1. The Balaban J connectivity index is 1.59. The first-order chi connectivity index (χ1) is 12.4. The summed E-state index contributed by atoms with van der Waals surface area (Å²) in [7, 11) is 0. The molecule has 7 heteroatoms. The zero-order chi connectivity index (χ0) is 18.8. The van der Waals surface area contributed by atoms with Crippen molar-refractivity contribution in [3.63, 3.8) is 0 Å². The minimum Gasteiger partial charge on any atom is -0.350 e. The van der Waals surface area contributed by atoms with Crippen molar-refractivity contribution in [2.75, 3.05) is 6.54 Å². The molecule has 0 fully saturated rings. The third kappa shape index (κ3) is 3.59. The molecule has 5 nitrogen and oxygen atoms in total. The van der Waals surface area contributed by atoms with E-state index in [1.54, 1.807) is 42.5 Å². The zero-order valence-electron chi connectivity index (χ0n) is 14.0. The minimum absolute atomic E-state index is 0.0249. The van der Waals surface area contributed by atoms with E-state index in [4.69, 9.17) is 23.2 Å². The summed E-state index contributed by atoms with van der Waals surface area (Å²) in [4.78, 5) is 37.9. The lowest BCUT2D eigenvalue weighted by molar-refractivity contribution is -0.121. The summed E-state index contributed by atoms with van der Waals surface area (Å²) in [6.45, 7) is 1.85. The van der Waals surface area contributed by atoms with Crippen LogP contribution in [0.1, 0.15) is 45.7 Å². The summed E-state index contributed by atoms with van der Waals surface area (Å²) in [5, 5.41) is 3.68. The highest BCUT2D eigenvalue weighted by Gasteiger charge is 2.35. The number of hydrogen-bond donors (Lipinski definition) is 1. The van der Waals surface area contributed by atoms with Crippen LogP contribution in [0.4, 0.5) is 0 Å². The molecule has 0 unspecified atom stereocenters. The normalized spacial score (nSPS) is 14.3. The monoisotopic (exact) mass is 390 g/mol. The molecule has 3 amide bonds. The SMILES string of the molecule is C[C@@H](NC(=O)CCN1C(=O)c2ccccc2C1=O)c1ccc(Cl)c(Cl)c1. The van der Waals surface area contributed by atoms with E-state index in [0.29, 0.717) is 21.2 Å². The second-order valence-corrected chi connectivity index (χ2v) is 6.83. The summed E-state index contributed by atoms with van der Waals surface area (Å²) in [6, 6.07) is 11.5. The van der Waals surface area contributed by atoms with Gasteiger partial charge in [0.25, 0.3) is 11.8 Å². The molecule has 0 saturated heterocycles. The summed E-state index contributed by atoms with van der Waals surface area (Å²) >= 11 is 11.9. The fraction of sp³-hybridized carbons (Fsp3) is 0.211. The molecular weight excluding hydrogens is 375 g/mol. The lowest BCUT2D eigenvalue weighted by Gasteiger charge is -2.17. The maximum Gasteiger partial charge on any atom is 0.261 e. The smallest absolute Gasteiger partial charge is 0.261 e. The van der Waals surface area contributed by atoms with Crippen LogP contribution in [0, 0.1) is 0 Å². The number of carbonyl (C=O) groups excluding carboxylic acids is 3. The predicted molar refractivity (Wildman–Crippen MR) is 99.4 cm³/mol. The van der Waals surface area contributed by atoms with Crippen molar-refractivity contribution in [3.8, 4) is 0 Å². The molecule has 2 aromatic carbocycles.